The van der Waals surface area contributed by atoms with Gasteiger partial charge >= 0.3 is 6.18 Å². The van der Waals surface area contributed by atoms with Crippen LogP contribution in [0.1, 0.15) is 25.3 Å². The maximum absolute atomic E-state index is 14.2. The highest BCUT2D eigenvalue weighted by atomic mass is 19.4. The quantitative estimate of drug-likeness (QED) is 0.417. The van der Waals surface area contributed by atoms with E-state index in [-0.39, 0.29) is 5.70 Å². The van der Waals surface area contributed by atoms with Gasteiger partial charge < -0.3 is 15.1 Å². The van der Waals surface area contributed by atoms with Gasteiger partial charge in [0.1, 0.15) is 5.84 Å². The number of hydrogen-bond donors (Lipinski definition) is 1. The second-order valence-corrected chi connectivity index (χ2v) is 9.22. The summed E-state index contributed by atoms with van der Waals surface area (Å²) >= 11 is 0. The molecule has 1 aromatic rings. The summed E-state index contributed by atoms with van der Waals surface area (Å²) in [6, 6.07) is 7.62. The zero-order chi connectivity index (χ0) is 25.6. The molecule has 0 aromatic heterocycles. The van der Waals surface area contributed by atoms with Crippen LogP contribution in [0, 0.1) is 5.92 Å². The molecule has 0 saturated carbocycles. The molecule has 0 bridgehead atoms. The van der Waals surface area contributed by atoms with Gasteiger partial charge in [-0.1, -0.05) is 25.6 Å². The summed E-state index contributed by atoms with van der Waals surface area (Å²) in [5, 5.41) is 3.05. The van der Waals surface area contributed by atoms with E-state index < -0.39 is 11.7 Å². The van der Waals surface area contributed by atoms with Gasteiger partial charge in [-0.15, -0.1) is 0 Å². The van der Waals surface area contributed by atoms with Crippen molar-refractivity contribution in [1.82, 2.24) is 15.1 Å². The third-order valence-electron chi connectivity index (χ3n) is 6.39. The van der Waals surface area contributed by atoms with E-state index >= 15 is 0 Å². The van der Waals surface area contributed by atoms with E-state index in [1.807, 2.05) is 31.3 Å². The van der Waals surface area contributed by atoms with E-state index in [0.29, 0.717) is 24.5 Å². The summed E-state index contributed by atoms with van der Waals surface area (Å²) in [6.07, 6.45) is 4.48. The molecule has 0 spiro atoms. The number of benzene rings is 1. The summed E-state index contributed by atoms with van der Waals surface area (Å²) < 4.78 is 42.5. The van der Waals surface area contributed by atoms with Crippen LogP contribution < -0.4 is 10.2 Å². The number of nitrogens with one attached hydrogen (secondary N) is 1. The van der Waals surface area contributed by atoms with Crippen LogP contribution in [0.25, 0.3) is 0 Å². The molecule has 3 rings (SSSR count). The first-order valence-corrected chi connectivity index (χ1v) is 11.9. The number of halogens is 3. The predicted molar refractivity (Wildman–Crippen MR) is 138 cm³/mol. The van der Waals surface area contributed by atoms with Gasteiger partial charge in [0, 0.05) is 64.9 Å². The van der Waals surface area contributed by atoms with Crippen LogP contribution in [0.15, 0.2) is 77.4 Å². The zero-order valence-corrected chi connectivity index (χ0v) is 21.1. The second-order valence-electron chi connectivity index (χ2n) is 9.22. The van der Waals surface area contributed by atoms with Crippen LogP contribution in [0.4, 0.5) is 18.9 Å². The Kier molecular flexibility index (Phi) is 8.83. The normalized spacial score (nSPS) is 21.0. The first-order chi connectivity index (χ1) is 16.6. The molecule has 1 N–H and O–H groups in total. The van der Waals surface area contributed by atoms with Gasteiger partial charge in [-0.25, -0.2) is 0 Å². The Balaban J connectivity index is 1.90. The summed E-state index contributed by atoms with van der Waals surface area (Å²) in [5.74, 6) is 1.39. The average Bonchev–Trinajstić information content (AvgIpc) is 2.81. The SMILES string of the molecule is C=CN(/C=C1/C(C(F)(F)F)=CC(CN2CCC[C@H](C)C2)=CN1C)c1cccc(C/C(=N/C)NC)c1. The first-order valence-electron chi connectivity index (χ1n) is 11.9. The van der Waals surface area contributed by atoms with Crippen molar-refractivity contribution in [3.05, 3.63) is 77.9 Å². The molecule has 2 aliphatic rings. The van der Waals surface area contributed by atoms with Crippen LogP contribution in [0.3, 0.4) is 0 Å². The van der Waals surface area contributed by atoms with Gasteiger partial charge in [-0.2, -0.15) is 13.2 Å². The number of anilines is 1. The Morgan fingerprint density at radius 2 is 2.11 bits per heavy atom. The fourth-order valence-electron chi connectivity index (χ4n) is 4.63. The largest absolute Gasteiger partial charge is 0.418 e. The lowest BCUT2D eigenvalue weighted by Gasteiger charge is -2.34. The predicted octanol–water partition coefficient (Wildman–Crippen LogP) is 5.32. The van der Waals surface area contributed by atoms with Crippen LogP contribution in [0.2, 0.25) is 0 Å². The molecule has 0 radical (unpaired) electrons. The number of allylic oxidation sites excluding steroid dienone is 1. The van der Waals surface area contributed by atoms with Gasteiger partial charge in [0.05, 0.1) is 11.3 Å². The van der Waals surface area contributed by atoms with Crippen molar-refractivity contribution in [2.75, 3.05) is 45.7 Å². The molecule has 8 heteroatoms. The fourth-order valence-corrected chi connectivity index (χ4v) is 4.63. The van der Waals surface area contributed by atoms with E-state index in [9.17, 15) is 13.2 Å². The van der Waals surface area contributed by atoms with E-state index in [0.717, 1.165) is 36.6 Å². The number of alkyl halides is 3. The minimum absolute atomic E-state index is 0.0737. The third kappa shape index (κ3) is 7.01. The van der Waals surface area contributed by atoms with Crippen LogP contribution in [-0.2, 0) is 6.42 Å². The minimum atomic E-state index is -4.48. The molecule has 1 aromatic carbocycles. The Labute approximate surface area is 207 Å². The lowest BCUT2D eigenvalue weighted by molar-refractivity contribution is -0.0912. The molecule has 0 amide bonds. The van der Waals surface area contributed by atoms with Gasteiger partial charge in [0.25, 0.3) is 0 Å². The molecule has 1 saturated heterocycles. The highest BCUT2D eigenvalue weighted by Gasteiger charge is 2.39. The van der Waals surface area contributed by atoms with E-state index in [2.05, 4.69) is 28.7 Å². The van der Waals surface area contributed by atoms with Crippen molar-refractivity contribution in [2.24, 2.45) is 10.9 Å². The number of nitrogens with zero attached hydrogens (tertiary/aromatic N) is 4. The maximum Gasteiger partial charge on any atom is 0.418 e. The zero-order valence-electron chi connectivity index (χ0n) is 21.1. The molecule has 2 heterocycles. The third-order valence-corrected chi connectivity index (χ3v) is 6.39. The molecule has 2 aliphatic heterocycles. The van der Waals surface area contributed by atoms with Crippen molar-refractivity contribution in [1.29, 1.82) is 0 Å². The summed E-state index contributed by atoms with van der Waals surface area (Å²) in [4.78, 5) is 9.64. The van der Waals surface area contributed by atoms with Crippen molar-refractivity contribution in [2.45, 2.75) is 32.4 Å². The van der Waals surface area contributed by atoms with Crippen molar-refractivity contribution >= 4 is 11.5 Å². The number of likely N-dealkylation sites (tertiary alicyclic amines) is 1. The summed E-state index contributed by atoms with van der Waals surface area (Å²) in [5.41, 5.74) is 1.80. The lowest BCUT2D eigenvalue weighted by Crippen LogP contribution is -2.36. The van der Waals surface area contributed by atoms with E-state index in [1.165, 1.54) is 24.9 Å². The van der Waals surface area contributed by atoms with Crippen LogP contribution >= 0.6 is 0 Å². The van der Waals surface area contributed by atoms with Gasteiger partial charge in [0.15, 0.2) is 0 Å². The van der Waals surface area contributed by atoms with Crippen LogP contribution in [0.5, 0.6) is 0 Å². The Morgan fingerprint density at radius 1 is 1.34 bits per heavy atom. The summed E-state index contributed by atoms with van der Waals surface area (Å²) in [6.45, 7) is 8.38. The standard InChI is InChI=1S/C27H36F3N5/c1-6-35(23-11-7-10-21(13-23)15-26(31-3)32-4)19-25-24(27(28,29)30)14-22(17-33(25)5)18-34-12-8-9-20(2)16-34/h6-7,10-11,13-14,17,19-20H,1,8-9,12,15-16,18H2,2-5H3,(H,31,32)/b25-19-/t20-/m0/s1. The molecule has 190 valence electrons. The molecular formula is C27H36F3N5. The summed E-state index contributed by atoms with van der Waals surface area (Å²) in [7, 11) is 5.19. The average molecular weight is 488 g/mol. The van der Waals surface area contributed by atoms with E-state index in [1.54, 1.807) is 30.1 Å². The van der Waals surface area contributed by atoms with Crippen LogP contribution in [-0.4, -0.2) is 62.6 Å². The minimum Gasteiger partial charge on any atom is -0.377 e. The first kappa shape index (κ1) is 26.6. The Morgan fingerprint density at radius 3 is 2.74 bits per heavy atom. The molecule has 0 unspecified atom stereocenters. The lowest BCUT2D eigenvalue weighted by atomic mass is 9.98. The van der Waals surface area contributed by atoms with Gasteiger partial charge in [-0.3, -0.25) is 9.89 Å². The monoisotopic (exact) mass is 487 g/mol. The van der Waals surface area contributed by atoms with Gasteiger partial charge in [0.2, 0.25) is 0 Å². The number of piperidine rings is 1. The van der Waals surface area contributed by atoms with Crippen molar-refractivity contribution in [3.8, 4) is 0 Å². The van der Waals surface area contributed by atoms with Crippen molar-refractivity contribution in [3.63, 3.8) is 0 Å². The highest BCUT2D eigenvalue weighted by Crippen LogP contribution is 2.37. The topological polar surface area (TPSA) is 34.1 Å². The number of aliphatic imine (C=N–C) groups is 1. The molecule has 1 atom stereocenters. The second kappa shape index (κ2) is 11.6. The number of hydrogen-bond acceptors (Lipinski definition) is 4. The molecule has 5 nitrogen and oxygen atoms in total. The number of likely N-dealkylation sites (N-methyl/N-ethyl adjacent to an activating group) is 2. The molecule has 0 aliphatic carbocycles. The maximum atomic E-state index is 14.2. The molecular weight excluding hydrogens is 451 g/mol. The molecule has 35 heavy (non-hydrogen) atoms. The number of amidine groups is 1. The van der Waals surface area contributed by atoms with Gasteiger partial charge in [-0.05, 0) is 54.6 Å². The highest BCUT2D eigenvalue weighted by molar-refractivity contribution is 5.84. The fraction of sp³-hybridized carbons (Fsp3) is 0.444. The Bertz CT molecular complexity index is 1020. The number of rotatable bonds is 7. The van der Waals surface area contributed by atoms with E-state index in [4.69, 9.17) is 0 Å². The Hall–Kier alpha value is -3.00. The smallest absolute Gasteiger partial charge is 0.377 e. The van der Waals surface area contributed by atoms with Crippen molar-refractivity contribution < 1.29 is 13.2 Å². The molecule has 1 fully saturated rings.